The smallest absolute Gasteiger partial charge is 0.251 e. The molecule has 0 bridgehead atoms. The van der Waals surface area contributed by atoms with Crippen molar-refractivity contribution < 1.29 is 9.59 Å². The van der Waals surface area contributed by atoms with Crippen molar-refractivity contribution in [1.82, 2.24) is 24.8 Å². The molecule has 158 valence electrons. The van der Waals surface area contributed by atoms with Crippen LogP contribution in [0, 0.1) is 0 Å². The molecule has 3 rings (SSSR count). The van der Waals surface area contributed by atoms with Crippen LogP contribution in [0.1, 0.15) is 42.4 Å². The highest BCUT2D eigenvalue weighted by atomic mass is 16.2. The van der Waals surface area contributed by atoms with E-state index in [2.05, 4.69) is 17.2 Å². The molecule has 0 aliphatic rings. The van der Waals surface area contributed by atoms with Crippen LogP contribution in [-0.2, 0) is 17.8 Å². The van der Waals surface area contributed by atoms with Crippen molar-refractivity contribution in [2.45, 2.75) is 39.2 Å². The number of hydrogen-bond donors (Lipinski definition) is 1. The summed E-state index contributed by atoms with van der Waals surface area (Å²) in [5.74, 6) is 0.837. The topological polar surface area (TPSA) is 80.1 Å². The number of likely N-dealkylation sites (N-methyl/N-ethyl adjacent to an activating group) is 1. The molecule has 0 saturated carbocycles. The highest BCUT2D eigenvalue weighted by Gasteiger charge is 2.16. The highest BCUT2D eigenvalue weighted by Crippen LogP contribution is 2.17. The fraction of sp³-hybridized carbons (Fsp3) is 0.391. The Balaban J connectivity index is 1.64. The number of carbonyl (C=O) groups is 2. The first kappa shape index (κ1) is 21.5. The van der Waals surface area contributed by atoms with E-state index >= 15 is 0 Å². The van der Waals surface area contributed by atoms with Gasteiger partial charge in [0.1, 0.15) is 12.4 Å². The van der Waals surface area contributed by atoms with Gasteiger partial charge in [-0.05, 0) is 37.1 Å². The van der Waals surface area contributed by atoms with E-state index in [4.69, 9.17) is 4.98 Å². The number of pyridine rings is 1. The van der Waals surface area contributed by atoms with E-state index in [0.29, 0.717) is 18.5 Å². The van der Waals surface area contributed by atoms with E-state index in [1.54, 1.807) is 29.4 Å². The van der Waals surface area contributed by atoms with Crippen molar-refractivity contribution in [3.63, 3.8) is 0 Å². The molecule has 3 aromatic rings. The van der Waals surface area contributed by atoms with Crippen LogP contribution in [-0.4, -0.2) is 51.4 Å². The minimum Gasteiger partial charge on any atom is -0.352 e. The van der Waals surface area contributed by atoms with Gasteiger partial charge in [0.2, 0.25) is 5.91 Å². The number of nitrogens with zero attached hydrogens (tertiary/aromatic N) is 4. The molecule has 0 aliphatic carbocycles. The van der Waals surface area contributed by atoms with Crippen LogP contribution in [0.3, 0.4) is 0 Å². The molecule has 7 heteroatoms. The van der Waals surface area contributed by atoms with Gasteiger partial charge >= 0.3 is 0 Å². The second kappa shape index (κ2) is 10.5. The van der Waals surface area contributed by atoms with E-state index in [1.165, 1.54) is 0 Å². The van der Waals surface area contributed by atoms with Gasteiger partial charge in [0.25, 0.3) is 5.91 Å². The van der Waals surface area contributed by atoms with Crippen LogP contribution >= 0.6 is 0 Å². The Labute approximate surface area is 177 Å². The number of hydrogen-bond acceptors (Lipinski definition) is 4. The second-order valence-corrected chi connectivity index (χ2v) is 7.37. The Kier molecular flexibility index (Phi) is 7.54. The zero-order valence-electron chi connectivity index (χ0n) is 17.7. The molecule has 30 heavy (non-hydrogen) atoms. The number of aryl methyl sites for hydroxylation is 1. The maximum absolute atomic E-state index is 12.7. The number of carbonyl (C=O) groups excluding carboxylic acids is 2. The lowest BCUT2D eigenvalue weighted by atomic mass is 10.2. The number of unbranched alkanes of at least 4 members (excludes halogenated alkanes) is 1. The van der Waals surface area contributed by atoms with Crippen molar-refractivity contribution in [2.75, 3.05) is 20.1 Å². The molecule has 0 unspecified atom stereocenters. The van der Waals surface area contributed by atoms with E-state index in [9.17, 15) is 9.59 Å². The summed E-state index contributed by atoms with van der Waals surface area (Å²) in [5.41, 5.74) is 2.45. The maximum atomic E-state index is 12.7. The summed E-state index contributed by atoms with van der Waals surface area (Å²) in [4.78, 5) is 35.3. The van der Waals surface area contributed by atoms with Gasteiger partial charge in [-0.1, -0.05) is 25.5 Å². The first-order chi connectivity index (χ1) is 14.6. The average Bonchev–Trinajstić information content (AvgIpc) is 3.12. The fourth-order valence-corrected chi connectivity index (χ4v) is 3.32. The van der Waals surface area contributed by atoms with Gasteiger partial charge in [-0.3, -0.25) is 14.6 Å². The Morgan fingerprint density at radius 2 is 1.87 bits per heavy atom. The number of imidazole rings is 1. The van der Waals surface area contributed by atoms with Crippen molar-refractivity contribution in [1.29, 1.82) is 0 Å². The van der Waals surface area contributed by atoms with Crippen LogP contribution in [0.2, 0.25) is 0 Å². The van der Waals surface area contributed by atoms with Gasteiger partial charge in [0.15, 0.2) is 0 Å². The predicted octanol–water partition coefficient (Wildman–Crippen LogP) is 3.05. The molecule has 0 aliphatic heterocycles. The molecular formula is C23H29N5O2. The Bertz CT molecular complexity index is 984. The summed E-state index contributed by atoms with van der Waals surface area (Å²) >= 11 is 0. The molecule has 2 amide bonds. The lowest BCUT2D eigenvalue weighted by Crippen LogP contribution is -2.31. The largest absolute Gasteiger partial charge is 0.352 e. The zero-order chi connectivity index (χ0) is 21.3. The Morgan fingerprint density at radius 1 is 1.10 bits per heavy atom. The van der Waals surface area contributed by atoms with Crippen LogP contribution in [0.25, 0.3) is 11.0 Å². The van der Waals surface area contributed by atoms with Crippen molar-refractivity contribution >= 4 is 22.8 Å². The third-order valence-corrected chi connectivity index (χ3v) is 5.11. The number of aromatic nitrogens is 3. The normalized spacial score (nSPS) is 10.9. The molecule has 1 N–H and O–H groups in total. The molecule has 0 atom stereocenters. The van der Waals surface area contributed by atoms with Crippen LogP contribution in [0.4, 0.5) is 0 Å². The van der Waals surface area contributed by atoms with Gasteiger partial charge in [0.05, 0.1) is 11.0 Å². The minimum atomic E-state index is -0.112. The van der Waals surface area contributed by atoms with Crippen molar-refractivity contribution in [2.24, 2.45) is 0 Å². The predicted molar refractivity (Wildman–Crippen MR) is 117 cm³/mol. The van der Waals surface area contributed by atoms with Gasteiger partial charge in [-0.25, -0.2) is 4.98 Å². The first-order valence-electron chi connectivity index (χ1n) is 10.5. The zero-order valence-corrected chi connectivity index (χ0v) is 17.7. The number of amides is 2. The standard InChI is InChI=1S/C23H29N5O2/c1-3-4-16-27(2)22(29)17-28-20-9-6-5-8-19(20)26-21(28)10-7-13-25-23(30)18-11-14-24-15-12-18/h5-6,8-9,11-12,14-15H,3-4,7,10,13,16-17H2,1-2H3,(H,25,30). The van der Waals surface area contributed by atoms with Gasteiger partial charge in [0, 0.05) is 44.5 Å². The molecule has 0 saturated heterocycles. The molecule has 0 fully saturated rings. The Morgan fingerprint density at radius 3 is 2.63 bits per heavy atom. The third-order valence-electron chi connectivity index (χ3n) is 5.11. The lowest BCUT2D eigenvalue weighted by molar-refractivity contribution is -0.130. The quantitative estimate of drug-likeness (QED) is 0.524. The molecular weight excluding hydrogens is 378 g/mol. The van der Waals surface area contributed by atoms with Crippen LogP contribution in [0.5, 0.6) is 0 Å². The van der Waals surface area contributed by atoms with Gasteiger partial charge < -0.3 is 14.8 Å². The summed E-state index contributed by atoms with van der Waals surface area (Å²) in [6, 6.07) is 11.3. The summed E-state index contributed by atoms with van der Waals surface area (Å²) in [7, 11) is 1.85. The SMILES string of the molecule is CCCCN(C)C(=O)Cn1c(CCCNC(=O)c2ccncc2)nc2ccccc21. The molecule has 2 heterocycles. The second-order valence-electron chi connectivity index (χ2n) is 7.37. The Hall–Kier alpha value is -3.22. The van der Waals surface area contributed by atoms with Crippen molar-refractivity contribution in [3.05, 3.63) is 60.2 Å². The fourth-order valence-electron chi connectivity index (χ4n) is 3.32. The lowest BCUT2D eigenvalue weighted by Gasteiger charge is -2.18. The number of benzene rings is 1. The van der Waals surface area contributed by atoms with Crippen LogP contribution < -0.4 is 5.32 Å². The summed E-state index contributed by atoms with van der Waals surface area (Å²) < 4.78 is 2.00. The molecule has 0 spiro atoms. The summed E-state index contributed by atoms with van der Waals surface area (Å²) in [6.45, 7) is 3.69. The van der Waals surface area contributed by atoms with E-state index in [-0.39, 0.29) is 18.4 Å². The van der Waals surface area contributed by atoms with Crippen molar-refractivity contribution in [3.8, 4) is 0 Å². The van der Waals surface area contributed by atoms with Gasteiger partial charge in [-0.15, -0.1) is 0 Å². The molecule has 0 radical (unpaired) electrons. The highest BCUT2D eigenvalue weighted by molar-refractivity contribution is 5.93. The van der Waals surface area contributed by atoms with Gasteiger partial charge in [-0.2, -0.15) is 0 Å². The monoisotopic (exact) mass is 407 g/mol. The van der Waals surface area contributed by atoms with E-state index in [1.807, 2.05) is 35.9 Å². The summed E-state index contributed by atoms with van der Waals surface area (Å²) in [5, 5.41) is 2.93. The van der Waals surface area contributed by atoms with E-state index in [0.717, 1.165) is 42.7 Å². The molecule has 1 aromatic carbocycles. The first-order valence-corrected chi connectivity index (χ1v) is 10.5. The average molecular weight is 408 g/mol. The third kappa shape index (κ3) is 5.43. The maximum Gasteiger partial charge on any atom is 0.251 e. The number of rotatable bonds is 10. The minimum absolute atomic E-state index is 0.0823. The molecule has 7 nitrogen and oxygen atoms in total. The summed E-state index contributed by atoms with van der Waals surface area (Å²) in [6.07, 6.45) is 6.67. The van der Waals surface area contributed by atoms with E-state index < -0.39 is 0 Å². The number of nitrogens with one attached hydrogen (secondary N) is 1. The number of para-hydroxylation sites is 2. The van der Waals surface area contributed by atoms with Crippen LogP contribution in [0.15, 0.2) is 48.8 Å². The molecule has 2 aromatic heterocycles. The number of fused-ring (bicyclic) bond motifs is 1.